The Morgan fingerprint density at radius 1 is 1.26 bits per heavy atom. The molecule has 0 saturated heterocycles. The molecule has 1 aromatic rings. The number of Topliss-reactive ketones (excluding diaryl/α,β-unsaturated/α-hetero) is 1. The molecule has 106 valence electrons. The molecule has 0 unspecified atom stereocenters. The highest BCUT2D eigenvalue weighted by Gasteiger charge is 2.23. The minimum Gasteiger partial charge on any atom is -0.491 e. The molecule has 1 aromatic carbocycles. The van der Waals surface area contributed by atoms with Crippen molar-refractivity contribution in [3.8, 4) is 5.75 Å². The van der Waals surface area contributed by atoms with E-state index < -0.39 is 5.60 Å². The van der Waals surface area contributed by atoms with Crippen LogP contribution in [0.1, 0.15) is 56.8 Å². The van der Waals surface area contributed by atoms with Gasteiger partial charge in [0.1, 0.15) is 12.4 Å². The molecule has 0 fully saturated rings. The van der Waals surface area contributed by atoms with Crippen molar-refractivity contribution in [1.82, 2.24) is 0 Å². The van der Waals surface area contributed by atoms with Crippen molar-refractivity contribution in [2.75, 3.05) is 6.61 Å². The average molecular weight is 264 g/mol. The summed E-state index contributed by atoms with van der Waals surface area (Å²) in [6.07, 6.45) is 2.70. The summed E-state index contributed by atoms with van der Waals surface area (Å²) >= 11 is 0. The van der Waals surface area contributed by atoms with E-state index in [-0.39, 0.29) is 12.4 Å². The Kier molecular flexibility index (Phi) is 6.03. The molecule has 1 N–H and O–H groups in total. The lowest BCUT2D eigenvalue weighted by Crippen LogP contribution is -2.34. The summed E-state index contributed by atoms with van der Waals surface area (Å²) in [6, 6.07) is 7.18. The van der Waals surface area contributed by atoms with Crippen LogP contribution >= 0.6 is 0 Å². The van der Waals surface area contributed by atoms with E-state index in [9.17, 15) is 9.90 Å². The Balaban J connectivity index is 2.70. The normalized spacial score (nSPS) is 11.4. The van der Waals surface area contributed by atoms with Crippen molar-refractivity contribution in [1.29, 1.82) is 0 Å². The lowest BCUT2D eigenvalue weighted by atomic mass is 9.99. The maximum absolute atomic E-state index is 11.8. The van der Waals surface area contributed by atoms with E-state index in [1.165, 1.54) is 0 Å². The largest absolute Gasteiger partial charge is 0.491 e. The molecule has 0 heterocycles. The standard InChI is InChI=1S/C16H24O3/c1-4-8-15(17)13-9-7-10-14(11-13)19-12-16(18,5-2)6-3/h7,9-11,18H,4-6,8,12H2,1-3H3. The first-order valence-electron chi connectivity index (χ1n) is 7.03. The number of carbonyl (C=O) groups is 1. The zero-order valence-corrected chi connectivity index (χ0v) is 12.1. The van der Waals surface area contributed by atoms with E-state index in [0.29, 0.717) is 30.6 Å². The molecule has 0 spiro atoms. The molecule has 1 rings (SSSR count). The smallest absolute Gasteiger partial charge is 0.162 e. The van der Waals surface area contributed by atoms with Crippen molar-refractivity contribution in [2.24, 2.45) is 0 Å². The lowest BCUT2D eigenvalue weighted by Gasteiger charge is -2.25. The summed E-state index contributed by atoms with van der Waals surface area (Å²) in [4.78, 5) is 11.8. The second-order valence-electron chi connectivity index (χ2n) is 4.92. The van der Waals surface area contributed by atoms with Gasteiger partial charge in [0.2, 0.25) is 0 Å². The summed E-state index contributed by atoms with van der Waals surface area (Å²) in [6.45, 7) is 6.12. The molecule has 0 aliphatic rings. The summed E-state index contributed by atoms with van der Waals surface area (Å²) < 4.78 is 5.62. The minimum absolute atomic E-state index is 0.134. The molecule has 0 radical (unpaired) electrons. The third kappa shape index (κ3) is 4.67. The predicted molar refractivity (Wildman–Crippen MR) is 76.7 cm³/mol. The van der Waals surface area contributed by atoms with Crippen LogP contribution in [-0.4, -0.2) is 23.1 Å². The number of aliphatic hydroxyl groups is 1. The number of ether oxygens (including phenoxy) is 1. The lowest BCUT2D eigenvalue weighted by molar-refractivity contribution is -0.0113. The molecule has 0 aromatic heterocycles. The third-order valence-corrected chi connectivity index (χ3v) is 3.46. The Morgan fingerprint density at radius 2 is 1.95 bits per heavy atom. The maximum Gasteiger partial charge on any atom is 0.162 e. The van der Waals surface area contributed by atoms with Crippen LogP contribution in [0.3, 0.4) is 0 Å². The number of rotatable bonds is 8. The van der Waals surface area contributed by atoms with Crippen molar-refractivity contribution >= 4 is 5.78 Å². The van der Waals surface area contributed by atoms with Crippen LogP contribution in [0.25, 0.3) is 0 Å². The second kappa shape index (κ2) is 7.29. The van der Waals surface area contributed by atoms with Gasteiger partial charge in [-0.1, -0.05) is 32.9 Å². The number of benzene rings is 1. The van der Waals surface area contributed by atoms with E-state index in [0.717, 1.165) is 6.42 Å². The van der Waals surface area contributed by atoms with Gasteiger partial charge in [0.15, 0.2) is 5.78 Å². The summed E-state index contributed by atoms with van der Waals surface area (Å²) in [5.41, 5.74) is -0.112. The monoisotopic (exact) mass is 264 g/mol. The van der Waals surface area contributed by atoms with Crippen LogP contribution in [0.4, 0.5) is 0 Å². The van der Waals surface area contributed by atoms with Gasteiger partial charge in [0.05, 0.1) is 5.60 Å². The quantitative estimate of drug-likeness (QED) is 0.730. The minimum atomic E-state index is -0.788. The Labute approximate surface area is 115 Å². The Bertz CT molecular complexity index is 408. The molecule has 19 heavy (non-hydrogen) atoms. The molecule has 0 aliphatic carbocycles. The summed E-state index contributed by atoms with van der Waals surface area (Å²) in [5.74, 6) is 0.775. The van der Waals surface area contributed by atoms with Crippen molar-refractivity contribution < 1.29 is 14.6 Å². The third-order valence-electron chi connectivity index (χ3n) is 3.46. The molecule has 0 amide bonds. The van der Waals surface area contributed by atoms with Gasteiger partial charge in [0.25, 0.3) is 0 Å². The fraction of sp³-hybridized carbons (Fsp3) is 0.562. The summed E-state index contributed by atoms with van der Waals surface area (Å²) in [5, 5.41) is 10.2. The first kappa shape index (κ1) is 15.7. The van der Waals surface area contributed by atoms with E-state index in [1.54, 1.807) is 12.1 Å². The number of hydrogen-bond acceptors (Lipinski definition) is 3. The summed E-state index contributed by atoms with van der Waals surface area (Å²) in [7, 11) is 0. The van der Waals surface area contributed by atoms with Crippen LogP contribution in [-0.2, 0) is 0 Å². The van der Waals surface area contributed by atoms with E-state index >= 15 is 0 Å². The van der Waals surface area contributed by atoms with Gasteiger partial charge in [-0.05, 0) is 31.4 Å². The van der Waals surface area contributed by atoms with Crippen LogP contribution in [0.5, 0.6) is 5.75 Å². The molecule has 0 atom stereocenters. The van der Waals surface area contributed by atoms with Gasteiger partial charge >= 0.3 is 0 Å². The van der Waals surface area contributed by atoms with Gasteiger partial charge in [-0.25, -0.2) is 0 Å². The van der Waals surface area contributed by atoms with Crippen LogP contribution in [0, 0.1) is 0 Å². The first-order valence-corrected chi connectivity index (χ1v) is 7.03. The number of ketones is 1. The molecule has 0 aliphatic heterocycles. The topological polar surface area (TPSA) is 46.5 Å². The SMILES string of the molecule is CCCC(=O)c1cccc(OCC(O)(CC)CC)c1. The maximum atomic E-state index is 11.8. The fourth-order valence-corrected chi connectivity index (χ4v) is 1.80. The zero-order chi connectivity index (χ0) is 14.3. The van der Waals surface area contributed by atoms with Gasteiger partial charge in [-0.3, -0.25) is 4.79 Å². The van der Waals surface area contributed by atoms with Crippen molar-refractivity contribution in [3.05, 3.63) is 29.8 Å². The van der Waals surface area contributed by atoms with E-state index in [2.05, 4.69) is 0 Å². The van der Waals surface area contributed by atoms with Gasteiger partial charge < -0.3 is 9.84 Å². The average Bonchev–Trinajstić information content (AvgIpc) is 2.45. The van der Waals surface area contributed by atoms with Gasteiger partial charge in [-0.15, -0.1) is 0 Å². The van der Waals surface area contributed by atoms with E-state index in [4.69, 9.17) is 4.74 Å². The van der Waals surface area contributed by atoms with Crippen LogP contribution < -0.4 is 4.74 Å². The molecule has 0 bridgehead atoms. The van der Waals surface area contributed by atoms with E-state index in [1.807, 2.05) is 32.9 Å². The Morgan fingerprint density at radius 3 is 2.53 bits per heavy atom. The van der Waals surface area contributed by atoms with Crippen LogP contribution in [0.2, 0.25) is 0 Å². The molecular formula is C16H24O3. The number of hydrogen-bond donors (Lipinski definition) is 1. The highest BCUT2D eigenvalue weighted by molar-refractivity contribution is 5.96. The first-order chi connectivity index (χ1) is 9.04. The molecule has 0 saturated carbocycles. The molecule has 3 heteroatoms. The highest BCUT2D eigenvalue weighted by atomic mass is 16.5. The zero-order valence-electron chi connectivity index (χ0n) is 12.1. The fourth-order valence-electron chi connectivity index (χ4n) is 1.80. The van der Waals surface area contributed by atoms with Gasteiger partial charge in [-0.2, -0.15) is 0 Å². The number of carbonyl (C=O) groups excluding carboxylic acids is 1. The predicted octanol–water partition coefficient (Wildman–Crippen LogP) is 3.60. The molecular weight excluding hydrogens is 240 g/mol. The van der Waals surface area contributed by atoms with Crippen molar-refractivity contribution in [2.45, 2.75) is 52.1 Å². The second-order valence-corrected chi connectivity index (χ2v) is 4.92. The Hall–Kier alpha value is -1.35. The van der Waals surface area contributed by atoms with Crippen LogP contribution in [0.15, 0.2) is 24.3 Å². The van der Waals surface area contributed by atoms with Gasteiger partial charge in [0, 0.05) is 12.0 Å². The molecule has 3 nitrogen and oxygen atoms in total. The highest BCUT2D eigenvalue weighted by Crippen LogP contribution is 2.20. The van der Waals surface area contributed by atoms with Crippen molar-refractivity contribution in [3.63, 3.8) is 0 Å².